The average molecular weight is 974 g/mol. The third-order valence-corrected chi connectivity index (χ3v) is 16.0. The van der Waals surface area contributed by atoms with Crippen LogP contribution in [0.4, 0.5) is 0 Å². The SMILES string of the molecule is c1ccc(-c2ccc(-c3nc(-c4ccc(-n5c6ccccc6c6ccc7c8ccc9c%10ccccc%10n(-c%10cccc(-c%11ccccc%11)c%10)c9c8sc7c65)cc4)nc(-c4cccc(-c5ccccc5)c4)n3)cc2)cc1. The van der Waals surface area contributed by atoms with Gasteiger partial charge in [-0.1, -0.05) is 206 Å². The Morgan fingerprint density at radius 3 is 1.16 bits per heavy atom. The van der Waals surface area contributed by atoms with Gasteiger partial charge in [-0.05, 0) is 88.0 Å². The Kier molecular flexibility index (Phi) is 10.00. The van der Waals surface area contributed by atoms with Gasteiger partial charge in [0.15, 0.2) is 17.5 Å². The number of hydrogen-bond donors (Lipinski definition) is 0. The minimum atomic E-state index is 0.613. The fourth-order valence-corrected chi connectivity index (χ4v) is 12.6. The van der Waals surface area contributed by atoms with Crippen molar-refractivity contribution < 1.29 is 0 Å². The highest BCUT2D eigenvalue weighted by Gasteiger charge is 2.23. The zero-order chi connectivity index (χ0) is 49.4. The van der Waals surface area contributed by atoms with Crippen LogP contribution in [-0.4, -0.2) is 24.1 Å². The van der Waals surface area contributed by atoms with Gasteiger partial charge in [0, 0.05) is 60.4 Å². The van der Waals surface area contributed by atoms with E-state index < -0.39 is 0 Å². The van der Waals surface area contributed by atoms with Gasteiger partial charge >= 0.3 is 0 Å². The Morgan fingerprint density at radius 2 is 0.613 bits per heavy atom. The molecule has 15 rings (SSSR count). The third-order valence-electron chi connectivity index (χ3n) is 14.8. The van der Waals surface area contributed by atoms with E-state index in [0.717, 1.165) is 55.8 Å². The van der Waals surface area contributed by atoms with Crippen LogP contribution in [0.15, 0.2) is 261 Å². The lowest BCUT2D eigenvalue weighted by Gasteiger charge is -2.12. The molecule has 350 valence electrons. The number of nitrogens with zero attached hydrogens (tertiary/aromatic N) is 5. The quantitative estimate of drug-likeness (QED) is 0.152. The summed E-state index contributed by atoms with van der Waals surface area (Å²) in [5.74, 6) is 1.85. The molecule has 0 saturated carbocycles. The number of rotatable bonds is 8. The molecule has 0 unspecified atom stereocenters. The Balaban J connectivity index is 0.893. The molecule has 6 heteroatoms. The van der Waals surface area contributed by atoms with E-state index in [1.165, 1.54) is 69.4 Å². The van der Waals surface area contributed by atoms with Gasteiger partial charge in [0.05, 0.1) is 31.5 Å². The fourth-order valence-electron chi connectivity index (χ4n) is 11.2. The van der Waals surface area contributed by atoms with Gasteiger partial charge in [0.1, 0.15) is 0 Å². The maximum absolute atomic E-state index is 5.22. The molecule has 0 radical (unpaired) electrons. The molecule has 75 heavy (non-hydrogen) atoms. The van der Waals surface area contributed by atoms with Crippen molar-refractivity contribution in [2.45, 2.75) is 0 Å². The van der Waals surface area contributed by atoms with Crippen molar-refractivity contribution in [1.29, 1.82) is 0 Å². The molecular formula is C69H43N5S. The first-order chi connectivity index (χ1) is 37.2. The zero-order valence-electron chi connectivity index (χ0n) is 40.5. The minimum absolute atomic E-state index is 0.613. The fraction of sp³-hybridized carbons (Fsp3) is 0. The zero-order valence-corrected chi connectivity index (χ0v) is 41.3. The van der Waals surface area contributed by atoms with E-state index in [4.69, 9.17) is 15.0 Å². The predicted molar refractivity (Wildman–Crippen MR) is 314 cm³/mol. The number of benzene rings is 11. The van der Waals surface area contributed by atoms with Gasteiger partial charge in [0.2, 0.25) is 0 Å². The van der Waals surface area contributed by atoms with E-state index >= 15 is 0 Å². The Morgan fingerprint density at radius 1 is 0.240 bits per heavy atom. The average Bonchev–Trinajstić information content (AvgIpc) is 4.19. The van der Waals surface area contributed by atoms with Crippen LogP contribution in [0.25, 0.3) is 143 Å². The van der Waals surface area contributed by atoms with Crippen LogP contribution < -0.4 is 0 Å². The molecule has 0 aliphatic heterocycles. The molecule has 0 spiro atoms. The first-order valence-corrected chi connectivity index (χ1v) is 26.2. The lowest BCUT2D eigenvalue weighted by Crippen LogP contribution is -2.01. The molecule has 15 aromatic rings. The summed E-state index contributed by atoms with van der Waals surface area (Å²) < 4.78 is 7.47. The normalized spacial score (nSPS) is 11.7. The van der Waals surface area contributed by atoms with Crippen molar-refractivity contribution in [3.8, 4) is 78.9 Å². The van der Waals surface area contributed by atoms with Gasteiger partial charge in [-0.15, -0.1) is 11.3 Å². The highest BCUT2D eigenvalue weighted by Crippen LogP contribution is 2.47. The largest absolute Gasteiger partial charge is 0.308 e. The lowest BCUT2D eigenvalue weighted by molar-refractivity contribution is 1.07. The van der Waals surface area contributed by atoms with E-state index in [1.54, 1.807) is 0 Å². The number of fused-ring (bicyclic) bond motifs is 11. The molecule has 0 N–H and O–H groups in total. The minimum Gasteiger partial charge on any atom is -0.308 e. The van der Waals surface area contributed by atoms with E-state index in [1.807, 2.05) is 23.5 Å². The Hall–Kier alpha value is -9.75. The molecule has 0 aliphatic carbocycles. The third kappa shape index (κ3) is 7.18. The van der Waals surface area contributed by atoms with Crippen LogP contribution in [0.1, 0.15) is 0 Å². The summed E-state index contributed by atoms with van der Waals surface area (Å²) in [7, 11) is 0. The van der Waals surface area contributed by atoms with Crippen molar-refractivity contribution in [3.05, 3.63) is 261 Å². The first kappa shape index (κ1) is 42.9. The number of hydrogen-bond acceptors (Lipinski definition) is 4. The predicted octanol–water partition coefficient (Wildman–Crippen LogP) is 18.4. The standard InChI is InChI=1S/C69H43N5S/c1-4-16-44(17-5-1)47-30-32-48(33-31-47)67-70-68(72-69(71-67)52-24-14-22-50(42-52)45-18-6-2-7-19-45)49-34-36-53(37-35-49)73-61-28-12-10-26-55(61)57-38-40-59-60-41-39-58-56-27-11-13-29-62(56)74(64(58)66(60)75-65(59)63(57)73)54-25-15-23-51(43-54)46-20-8-3-9-21-46/h1-43H. The van der Waals surface area contributed by atoms with Crippen LogP contribution in [0, 0.1) is 0 Å². The van der Waals surface area contributed by atoms with Crippen LogP contribution in [0.5, 0.6) is 0 Å². The molecule has 0 aliphatic rings. The summed E-state index contributed by atoms with van der Waals surface area (Å²) >= 11 is 1.90. The van der Waals surface area contributed by atoms with Crippen molar-refractivity contribution in [2.75, 3.05) is 0 Å². The molecule has 0 saturated heterocycles. The molecule has 0 atom stereocenters. The maximum atomic E-state index is 5.22. The first-order valence-electron chi connectivity index (χ1n) is 25.3. The van der Waals surface area contributed by atoms with Crippen LogP contribution in [0.3, 0.4) is 0 Å². The Labute approximate surface area is 436 Å². The molecular weight excluding hydrogens is 931 g/mol. The number of aromatic nitrogens is 5. The van der Waals surface area contributed by atoms with Crippen molar-refractivity contribution in [2.24, 2.45) is 0 Å². The molecule has 0 fully saturated rings. The molecule has 4 aromatic heterocycles. The van der Waals surface area contributed by atoms with Crippen molar-refractivity contribution >= 4 is 75.1 Å². The second kappa shape index (κ2) is 17.5. The summed E-state index contributed by atoms with van der Waals surface area (Å²) in [6, 6.07) is 93.2. The Bertz CT molecular complexity index is 4670. The van der Waals surface area contributed by atoms with Crippen LogP contribution >= 0.6 is 11.3 Å². The van der Waals surface area contributed by atoms with Gasteiger partial charge in [-0.3, -0.25) is 0 Å². The summed E-state index contributed by atoms with van der Waals surface area (Å²) in [4.78, 5) is 15.6. The summed E-state index contributed by atoms with van der Waals surface area (Å²) in [6.45, 7) is 0. The molecule has 0 bridgehead atoms. The van der Waals surface area contributed by atoms with E-state index in [0.29, 0.717) is 17.5 Å². The molecule has 4 heterocycles. The van der Waals surface area contributed by atoms with Gasteiger partial charge in [-0.25, -0.2) is 15.0 Å². The molecule has 0 amide bonds. The molecule has 5 nitrogen and oxygen atoms in total. The second-order valence-corrected chi connectivity index (χ2v) is 20.2. The van der Waals surface area contributed by atoms with Gasteiger partial charge in [-0.2, -0.15) is 0 Å². The molecule has 11 aromatic carbocycles. The van der Waals surface area contributed by atoms with Crippen LogP contribution in [0.2, 0.25) is 0 Å². The van der Waals surface area contributed by atoms with E-state index in [-0.39, 0.29) is 0 Å². The van der Waals surface area contributed by atoms with Crippen molar-refractivity contribution in [1.82, 2.24) is 24.1 Å². The smallest absolute Gasteiger partial charge is 0.164 e. The topological polar surface area (TPSA) is 48.5 Å². The number of thiophene rings is 1. The van der Waals surface area contributed by atoms with Gasteiger partial charge in [0.25, 0.3) is 0 Å². The monoisotopic (exact) mass is 973 g/mol. The van der Waals surface area contributed by atoms with E-state index in [2.05, 4.69) is 258 Å². The maximum Gasteiger partial charge on any atom is 0.164 e. The second-order valence-electron chi connectivity index (χ2n) is 19.1. The highest BCUT2D eigenvalue weighted by atomic mass is 32.1. The van der Waals surface area contributed by atoms with Crippen LogP contribution in [-0.2, 0) is 0 Å². The summed E-state index contributed by atoms with van der Waals surface area (Å²) in [6.07, 6.45) is 0. The lowest BCUT2D eigenvalue weighted by atomic mass is 10.0. The van der Waals surface area contributed by atoms with Crippen molar-refractivity contribution in [3.63, 3.8) is 0 Å². The summed E-state index contributed by atoms with van der Waals surface area (Å²) in [5, 5.41) is 7.44. The van der Waals surface area contributed by atoms with E-state index in [9.17, 15) is 0 Å². The van der Waals surface area contributed by atoms with Gasteiger partial charge < -0.3 is 9.13 Å². The number of para-hydroxylation sites is 2. The highest BCUT2D eigenvalue weighted by molar-refractivity contribution is 7.27. The summed E-state index contributed by atoms with van der Waals surface area (Å²) in [5.41, 5.74) is 16.7.